The van der Waals surface area contributed by atoms with Crippen LogP contribution in [0.1, 0.15) is 97.2 Å². The van der Waals surface area contributed by atoms with E-state index >= 15 is 0 Å². The van der Waals surface area contributed by atoms with Crippen LogP contribution in [-0.2, 0) is 21.7 Å². The molecule has 0 saturated heterocycles. The molecule has 0 N–H and O–H groups in total. The minimum Gasteiger partial charge on any atom is -0.456 e. The molecule has 2 spiro atoms. The van der Waals surface area contributed by atoms with Crippen LogP contribution in [0.25, 0.3) is 44.2 Å². The van der Waals surface area contributed by atoms with Gasteiger partial charge in [-0.3, -0.25) is 0 Å². The van der Waals surface area contributed by atoms with Crippen molar-refractivity contribution >= 4 is 21.9 Å². The zero-order valence-electron chi connectivity index (χ0n) is 31.3. The van der Waals surface area contributed by atoms with E-state index in [9.17, 15) is 0 Å². The summed E-state index contributed by atoms with van der Waals surface area (Å²) < 4.78 is 6.82. The van der Waals surface area contributed by atoms with E-state index in [1.807, 2.05) is 0 Å². The topological polar surface area (TPSA) is 13.1 Å². The SMILES string of the molecule is CC(C)(C)c1ccc2c(c1)C1(c3ccccc3-2)c2ccccc2C2(c3ccccc3-c3ccc(C(C)(C)C)cc32)c2cc3c(cc21)oc1ccccc13. The fraction of sp³-hybridized carbons (Fsp3) is 0.192. The normalized spacial score (nSPS) is 19.3. The largest absolute Gasteiger partial charge is 0.456 e. The summed E-state index contributed by atoms with van der Waals surface area (Å²) in [5, 5.41) is 2.33. The van der Waals surface area contributed by atoms with Crippen LogP contribution in [0.5, 0.6) is 0 Å². The molecule has 8 aromatic rings. The molecule has 1 nitrogen and oxygen atoms in total. The lowest BCUT2D eigenvalue weighted by Crippen LogP contribution is -2.44. The van der Waals surface area contributed by atoms with Gasteiger partial charge in [0, 0.05) is 10.8 Å². The molecule has 256 valence electrons. The van der Waals surface area contributed by atoms with Crippen molar-refractivity contribution < 1.29 is 4.42 Å². The Morgan fingerprint density at radius 1 is 0.340 bits per heavy atom. The summed E-state index contributed by atoms with van der Waals surface area (Å²) in [6, 6.07) is 55.9. The van der Waals surface area contributed by atoms with Crippen molar-refractivity contribution in [1.29, 1.82) is 0 Å². The number of para-hydroxylation sites is 1. The molecule has 1 heteroatoms. The molecule has 0 fully saturated rings. The van der Waals surface area contributed by atoms with Crippen molar-refractivity contribution in [3.05, 3.63) is 201 Å². The third-order valence-corrected chi connectivity index (χ3v) is 12.9. The molecule has 3 aliphatic rings. The minimum atomic E-state index is -0.559. The molecular formula is C52H42O. The zero-order valence-corrected chi connectivity index (χ0v) is 31.3. The molecule has 2 atom stereocenters. The summed E-state index contributed by atoms with van der Waals surface area (Å²) in [4.78, 5) is 0. The maximum Gasteiger partial charge on any atom is 0.135 e. The maximum atomic E-state index is 6.82. The first-order valence-corrected chi connectivity index (χ1v) is 19.1. The highest BCUT2D eigenvalue weighted by Crippen LogP contribution is 2.68. The Balaban J connectivity index is 1.40. The highest BCUT2D eigenvalue weighted by molar-refractivity contribution is 6.07. The third kappa shape index (κ3) is 3.73. The van der Waals surface area contributed by atoms with Crippen LogP contribution in [0.3, 0.4) is 0 Å². The number of furan rings is 1. The van der Waals surface area contributed by atoms with Gasteiger partial charge in [0.2, 0.25) is 0 Å². The summed E-state index contributed by atoms with van der Waals surface area (Å²) >= 11 is 0. The van der Waals surface area contributed by atoms with Gasteiger partial charge in [-0.2, -0.15) is 0 Å². The molecule has 2 unspecified atom stereocenters. The van der Waals surface area contributed by atoms with Crippen LogP contribution in [0.15, 0.2) is 150 Å². The predicted octanol–water partition coefficient (Wildman–Crippen LogP) is 13.2. The Bertz CT molecular complexity index is 2870. The Hall–Kier alpha value is -5.66. The van der Waals surface area contributed by atoms with Gasteiger partial charge in [-0.15, -0.1) is 0 Å². The Kier molecular flexibility index (Phi) is 5.87. The number of fused-ring (bicyclic) bond motifs is 19. The van der Waals surface area contributed by atoms with Crippen LogP contribution >= 0.6 is 0 Å². The predicted molar refractivity (Wildman–Crippen MR) is 219 cm³/mol. The first-order valence-electron chi connectivity index (χ1n) is 19.1. The summed E-state index contributed by atoms with van der Waals surface area (Å²) in [5.41, 5.74) is 19.5. The summed E-state index contributed by atoms with van der Waals surface area (Å²) in [5.74, 6) is 0. The van der Waals surface area contributed by atoms with Crippen LogP contribution in [0, 0.1) is 0 Å². The Morgan fingerprint density at radius 3 is 1.30 bits per heavy atom. The van der Waals surface area contributed by atoms with Crippen LogP contribution in [-0.4, -0.2) is 0 Å². The Morgan fingerprint density at radius 2 is 0.774 bits per heavy atom. The van der Waals surface area contributed by atoms with E-state index in [1.54, 1.807) is 0 Å². The maximum absolute atomic E-state index is 6.82. The van der Waals surface area contributed by atoms with E-state index < -0.39 is 10.8 Å². The highest BCUT2D eigenvalue weighted by Gasteiger charge is 2.59. The van der Waals surface area contributed by atoms with Crippen molar-refractivity contribution in [1.82, 2.24) is 0 Å². The van der Waals surface area contributed by atoms with Crippen molar-refractivity contribution in [2.24, 2.45) is 0 Å². The second kappa shape index (κ2) is 10.1. The molecule has 1 aromatic heterocycles. The molecule has 11 rings (SSSR count). The minimum absolute atomic E-state index is 0.0133. The molecule has 7 aromatic carbocycles. The molecule has 1 heterocycles. The lowest BCUT2D eigenvalue weighted by Gasteiger charge is -2.49. The average Bonchev–Trinajstić information content (AvgIpc) is 3.77. The van der Waals surface area contributed by atoms with Gasteiger partial charge in [0.1, 0.15) is 11.2 Å². The quantitative estimate of drug-likeness (QED) is 0.155. The number of rotatable bonds is 0. The molecular weight excluding hydrogens is 641 g/mol. The number of hydrogen-bond acceptors (Lipinski definition) is 1. The van der Waals surface area contributed by atoms with Gasteiger partial charge in [-0.25, -0.2) is 0 Å². The van der Waals surface area contributed by atoms with E-state index in [0.29, 0.717) is 0 Å². The lowest BCUT2D eigenvalue weighted by atomic mass is 9.52. The van der Waals surface area contributed by atoms with Crippen molar-refractivity contribution in [2.75, 3.05) is 0 Å². The summed E-state index contributed by atoms with van der Waals surface area (Å²) in [6.45, 7) is 14.0. The molecule has 0 saturated carbocycles. The van der Waals surface area contributed by atoms with E-state index in [0.717, 1.165) is 16.6 Å². The van der Waals surface area contributed by atoms with Gasteiger partial charge >= 0.3 is 0 Å². The van der Waals surface area contributed by atoms with Crippen LogP contribution < -0.4 is 0 Å². The van der Waals surface area contributed by atoms with E-state index in [-0.39, 0.29) is 10.8 Å². The molecule has 0 aliphatic heterocycles. The summed E-state index contributed by atoms with van der Waals surface area (Å²) in [6.07, 6.45) is 0. The van der Waals surface area contributed by atoms with Crippen LogP contribution in [0.4, 0.5) is 0 Å². The summed E-state index contributed by atoms with van der Waals surface area (Å²) in [7, 11) is 0. The zero-order chi connectivity index (χ0) is 36.1. The fourth-order valence-corrected chi connectivity index (χ4v) is 10.5. The molecule has 0 bridgehead atoms. The van der Waals surface area contributed by atoms with Gasteiger partial charge in [-0.1, -0.05) is 169 Å². The second-order valence-electron chi connectivity index (χ2n) is 17.6. The molecule has 0 amide bonds. The average molecular weight is 683 g/mol. The van der Waals surface area contributed by atoms with Gasteiger partial charge in [0.25, 0.3) is 0 Å². The smallest absolute Gasteiger partial charge is 0.135 e. The van der Waals surface area contributed by atoms with E-state index in [1.165, 1.54) is 83.3 Å². The van der Waals surface area contributed by atoms with Crippen molar-refractivity contribution in [2.45, 2.75) is 63.2 Å². The third-order valence-electron chi connectivity index (χ3n) is 12.9. The monoisotopic (exact) mass is 682 g/mol. The number of benzene rings is 7. The highest BCUT2D eigenvalue weighted by atomic mass is 16.3. The van der Waals surface area contributed by atoms with Gasteiger partial charge in [-0.05, 0) is 107 Å². The van der Waals surface area contributed by atoms with Gasteiger partial charge < -0.3 is 4.42 Å². The number of hydrogen-bond donors (Lipinski definition) is 0. The van der Waals surface area contributed by atoms with Crippen molar-refractivity contribution in [3.63, 3.8) is 0 Å². The second-order valence-corrected chi connectivity index (χ2v) is 17.6. The molecule has 3 aliphatic carbocycles. The van der Waals surface area contributed by atoms with E-state index in [4.69, 9.17) is 4.42 Å². The van der Waals surface area contributed by atoms with Gasteiger partial charge in [0.15, 0.2) is 0 Å². The first-order chi connectivity index (χ1) is 25.5. The first kappa shape index (κ1) is 30.9. The molecule has 53 heavy (non-hydrogen) atoms. The van der Waals surface area contributed by atoms with Gasteiger partial charge in [0.05, 0.1) is 10.8 Å². The fourth-order valence-electron chi connectivity index (χ4n) is 10.5. The Labute approximate surface area is 312 Å². The standard InChI is InChI=1S/C52H42O/c1-49(2,3)31-23-25-35-33-15-7-10-18-39(33)51(43(35)27-31)41-20-12-13-21-42(41)52(46-30-48-38(29-45(46)51)37-17-9-14-22-47(37)53-48)40-19-11-8-16-34(40)36-26-24-32(28-44(36)52)50(4,5)6/h7-30H,1-6H3. The lowest BCUT2D eigenvalue weighted by molar-refractivity contribution is 0.582. The van der Waals surface area contributed by atoms with Crippen molar-refractivity contribution in [3.8, 4) is 22.3 Å². The van der Waals surface area contributed by atoms with Crippen LogP contribution in [0.2, 0.25) is 0 Å². The molecule has 0 radical (unpaired) electrons. The van der Waals surface area contributed by atoms with E-state index in [2.05, 4.69) is 187 Å².